The molecular weight excluding hydrogens is 182 g/mol. The van der Waals surface area contributed by atoms with E-state index in [-0.39, 0.29) is 24.7 Å². The Morgan fingerprint density at radius 2 is 2.36 bits per heavy atom. The van der Waals surface area contributed by atoms with Gasteiger partial charge in [-0.3, -0.25) is 4.79 Å². The van der Waals surface area contributed by atoms with E-state index < -0.39 is 0 Å². The topological polar surface area (TPSA) is 43.1 Å². The third-order valence-electron chi connectivity index (χ3n) is 1.18. The van der Waals surface area contributed by atoms with Crippen LogP contribution in [-0.2, 0) is 11.2 Å². The van der Waals surface area contributed by atoms with Gasteiger partial charge in [-0.05, 0) is 11.4 Å². The van der Waals surface area contributed by atoms with Gasteiger partial charge in [-0.1, -0.05) is 6.07 Å². The summed E-state index contributed by atoms with van der Waals surface area (Å²) in [4.78, 5) is 11.9. The summed E-state index contributed by atoms with van der Waals surface area (Å²) in [6.45, 7) is 0.151. The van der Waals surface area contributed by atoms with Crippen molar-refractivity contribution in [1.82, 2.24) is 0 Å². The molecule has 2 N–H and O–H groups in total. The predicted octanol–water partition coefficient (Wildman–Crippen LogP) is 1.24. The van der Waals surface area contributed by atoms with E-state index in [4.69, 9.17) is 5.73 Å². The van der Waals surface area contributed by atoms with Crippen molar-refractivity contribution < 1.29 is 4.79 Å². The maximum atomic E-state index is 10.8. The van der Waals surface area contributed by atoms with Gasteiger partial charge in [0.25, 0.3) is 0 Å². The zero-order valence-electron chi connectivity index (χ0n) is 5.95. The monoisotopic (exact) mass is 191 g/mol. The lowest BCUT2D eigenvalue weighted by atomic mass is 10.2. The first-order valence-corrected chi connectivity index (χ1v) is 3.95. The molecule has 4 heteroatoms. The van der Waals surface area contributed by atoms with Crippen LogP contribution in [0.4, 0.5) is 0 Å². The molecule has 0 aromatic carbocycles. The Morgan fingerprint density at radius 1 is 1.64 bits per heavy atom. The Labute approximate surface area is 75.8 Å². The Bertz CT molecular complexity index is 210. The van der Waals surface area contributed by atoms with E-state index in [0.717, 1.165) is 4.88 Å². The van der Waals surface area contributed by atoms with Crippen LogP contribution in [0.1, 0.15) is 4.88 Å². The van der Waals surface area contributed by atoms with Crippen molar-refractivity contribution in [2.75, 3.05) is 6.54 Å². The molecule has 0 aliphatic heterocycles. The number of Topliss-reactive ketones (excluding diaryl/α,β-unsaturated/α-hetero) is 1. The fourth-order valence-electron chi connectivity index (χ4n) is 0.680. The number of halogens is 1. The molecule has 0 fully saturated rings. The highest BCUT2D eigenvalue weighted by Crippen LogP contribution is 2.08. The van der Waals surface area contributed by atoms with E-state index in [1.807, 2.05) is 17.5 Å². The molecule has 11 heavy (non-hydrogen) atoms. The molecule has 0 amide bonds. The predicted molar refractivity (Wildman–Crippen MR) is 49.3 cm³/mol. The molecule has 0 unspecified atom stereocenters. The molecule has 1 heterocycles. The summed E-state index contributed by atoms with van der Waals surface area (Å²) in [7, 11) is 0. The van der Waals surface area contributed by atoms with Crippen LogP contribution < -0.4 is 5.73 Å². The maximum Gasteiger partial charge on any atom is 0.151 e. The van der Waals surface area contributed by atoms with Gasteiger partial charge in [-0.25, -0.2) is 0 Å². The van der Waals surface area contributed by atoms with Gasteiger partial charge < -0.3 is 5.73 Å². The van der Waals surface area contributed by atoms with E-state index >= 15 is 0 Å². The van der Waals surface area contributed by atoms with Gasteiger partial charge in [0.15, 0.2) is 5.78 Å². The lowest BCUT2D eigenvalue weighted by molar-refractivity contribution is -0.117. The van der Waals surface area contributed by atoms with Gasteiger partial charge in [0.05, 0.1) is 6.54 Å². The number of thiophene rings is 1. The number of nitrogens with two attached hydrogens (primary N) is 1. The maximum absolute atomic E-state index is 10.8. The molecule has 0 saturated carbocycles. The number of carbonyl (C=O) groups is 1. The van der Waals surface area contributed by atoms with Gasteiger partial charge in [-0.2, -0.15) is 0 Å². The van der Waals surface area contributed by atoms with Crippen LogP contribution in [0.25, 0.3) is 0 Å². The van der Waals surface area contributed by atoms with Crippen molar-refractivity contribution in [3.8, 4) is 0 Å². The van der Waals surface area contributed by atoms with Crippen LogP contribution in [0, 0.1) is 0 Å². The average Bonchev–Trinajstić information content (AvgIpc) is 2.40. The Morgan fingerprint density at radius 3 is 2.82 bits per heavy atom. The van der Waals surface area contributed by atoms with Crippen molar-refractivity contribution in [3.05, 3.63) is 22.4 Å². The molecule has 1 rings (SSSR count). The zero-order chi connectivity index (χ0) is 7.40. The van der Waals surface area contributed by atoms with E-state index in [1.54, 1.807) is 11.3 Å². The summed E-state index contributed by atoms with van der Waals surface area (Å²) in [6.07, 6.45) is 0.494. The standard InChI is InChI=1S/C7H9NOS.ClH/c8-5-6(9)4-7-2-1-3-10-7;/h1-3H,4-5,8H2;1H. The van der Waals surface area contributed by atoms with Gasteiger partial charge in [0.2, 0.25) is 0 Å². The summed E-state index contributed by atoms with van der Waals surface area (Å²) in [5, 5.41) is 1.96. The number of hydrogen-bond acceptors (Lipinski definition) is 3. The summed E-state index contributed by atoms with van der Waals surface area (Å²) >= 11 is 1.59. The van der Waals surface area contributed by atoms with Crippen LogP contribution in [0.15, 0.2) is 17.5 Å². The van der Waals surface area contributed by atoms with Crippen molar-refractivity contribution in [3.63, 3.8) is 0 Å². The average molecular weight is 192 g/mol. The van der Waals surface area contributed by atoms with E-state index in [9.17, 15) is 4.79 Å². The first kappa shape index (κ1) is 10.6. The number of hydrogen-bond donors (Lipinski definition) is 1. The van der Waals surface area contributed by atoms with Crippen molar-refractivity contribution in [1.29, 1.82) is 0 Å². The molecule has 62 valence electrons. The largest absolute Gasteiger partial charge is 0.324 e. The summed E-state index contributed by atoms with van der Waals surface area (Å²) in [5.74, 6) is 0.0995. The molecule has 0 radical (unpaired) electrons. The third kappa shape index (κ3) is 3.51. The second-order valence-corrected chi connectivity index (χ2v) is 3.03. The number of rotatable bonds is 3. The Kier molecular flexibility index (Phi) is 5.11. The van der Waals surface area contributed by atoms with E-state index in [0.29, 0.717) is 6.42 Å². The normalized spacial score (nSPS) is 8.82. The highest BCUT2D eigenvalue weighted by atomic mass is 35.5. The Hall–Kier alpha value is -0.380. The molecule has 0 aliphatic carbocycles. The molecule has 0 spiro atoms. The molecule has 1 aromatic heterocycles. The van der Waals surface area contributed by atoms with Crippen molar-refractivity contribution >= 4 is 29.5 Å². The Balaban J connectivity index is 0.000001000. The van der Waals surface area contributed by atoms with Crippen LogP contribution in [0.2, 0.25) is 0 Å². The number of ketones is 1. The van der Waals surface area contributed by atoms with Crippen molar-refractivity contribution in [2.45, 2.75) is 6.42 Å². The van der Waals surface area contributed by atoms with Gasteiger partial charge >= 0.3 is 0 Å². The van der Waals surface area contributed by atoms with Crippen LogP contribution in [-0.4, -0.2) is 12.3 Å². The highest BCUT2D eigenvalue weighted by molar-refractivity contribution is 7.10. The second-order valence-electron chi connectivity index (χ2n) is 2.00. The molecule has 0 atom stereocenters. The molecule has 2 nitrogen and oxygen atoms in total. The van der Waals surface area contributed by atoms with Gasteiger partial charge in [0.1, 0.15) is 0 Å². The second kappa shape index (κ2) is 5.29. The molecule has 1 aromatic rings. The van der Waals surface area contributed by atoms with E-state index in [1.165, 1.54) is 0 Å². The fraction of sp³-hybridized carbons (Fsp3) is 0.286. The van der Waals surface area contributed by atoms with Crippen LogP contribution in [0.5, 0.6) is 0 Å². The minimum absolute atomic E-state index is 0. The smallest absolute Gasteiger partial charge is 0.151 e. The first-order valence-electron chi connectivity index (χ1n) is 3.07. The summed E-state index contributed by atoms with van der Waals surface area (Å²) in [5.41, 5.74) is 5.14. The molecule has 0 bridgehead atoms. The molecule has 0 saturated heterocycles. The van der Waals surface area contributed by atoms with Crippen molar-refractivity contribution in [2.24, 2.45) is 5.73 Å². The first-order chi connectivity index (χ1) is 4.83. The van der Waals surface area contributed by atoms with Gasteiger partial charge in [0, 0.05) is 11.3 Å². The van der Waals surface area contributed by atoms with E-state index in [2.05, 4.69) is 0 Å². The SMILES string of the molecule is Cl.NCC(=O)Cc1cccs1. The molecule has 0 aliphatic rings. The minimum atomic E-state index is 0. The molecular formula is C7H10ClNOS. The third-order valence-corrected chi connectivity index (χ3v) is 2.06. The quantitative estimate of drug-likeness (QED) is 0.782. The minimum Gasteiger partial charge on any atom is -0.324 e. The number of carbonyl (C=O) groups excluding carboxylic acids is 1. The fourth-order valence-corrected chi connectivity index (χ4v) is 1.41. The van der Waals surface area contributed by atoms with Gasteiger partial charge in [-0.15, -0.1) is 23.7 Å². The van der Waals surface area contributed by atoms with Crippen LogP contribution in [0.3, 0.4) is 0 Å². The van der Waals surface area contributed by atoms with Crippen LogP contribution >= 0.6 is 23.7 Å². The lowest BCUT2D eigenvalue weighted by Crippen LogP contribution is -2.14. The lowest BCUT2D eigenvalue weighted by Gasteiger charge is -1.91. The highest BCUT2D eigenvalue weighted by Gasteiger charge is 2.00. The zero-order valence-corrected chi connectivity index (χ0v) is 7.58. The summed E-state index contributed by atoms with van der Waals surface area (Å²) < 4.78 is 0. The summed E-state index contributed by atoms with van der Waals surface area (Å²) in [6, 6.07) is 3.88.